The molecule has 0 aliphatic carbocycles. The van der Waals surface area contributed by atoms with Gasteiger partial charge in [-0.1, -0.05) is 0 Å². The molecule has 0 N–H and O–H groups in total. The molecule has 0 bridgehead atoms. The fourth-order valence-corrected chi connectivity index (χ4v) is 6.58. The maximum atomic E-state index is 2.58. The van der Waals surface area contributed by atoms with Crippen LogP contribution in [0.15, 0.2) is 20.7 Å². The van der Waals surface area contributed by atoms with Crippen LogP contribution in [-0.4, -0.2) is 15.0 Å². The van der Waals surface area contributed by atoms with E-state index in [2.05, 4.69) is 89.3 Å². The molecule has 0 amide bonds. The monoisotopic (exact) mass is 492 g/mol. The van der Waals surface area contributed by atoms with Gasteiger partial charge >= 0.3 is 165 Å². The van der Waals surface area contributed by atoms with Crippen LogP contribution >= 0.6 is 22.6 Å². The summed E-state index contributed by atoms with van der Waals surface area (Å²) in [4.78, 5) is 0. The van der Waals surface area contributed by atoms with Crippen LogP contribution in [0, 0.1) is 0 Å². The van der Waals surface area contributed by atoms with E-state index in [0.717, 1.165) is 0 Å². The Bertz CT molecular complexity index is 498. The van der Waals surface area contributed by atoms with E-state index in [1.165, 1.54) is 24.8 Å². The zero-order chi connectivity index (χ0) is 17.6. The van der Waals surface area contributed by atoms with Crippen LogP contribution in [0.2, 0.25) is 0 Å². The number of hydrogen-bond acceptors (Lipinski definition) is 0. The van der Waals surface area contributed by atoms with Gasteiger partial charge in [0, 0.05) is 0 Å². The molecule has 0 aromatic heterocycles. The number of benzene rings is 1. The molecule has 0 aliphatic rings. The summed E-state index contributed by atoms with van der Waals surface area (Å²) in [6, 6.07) is 4.96. The molecule has 0 radical (unpaired) electrons. The van der Waals surface area contributed by atoms with Crippen molar-refractivity contribution in [2.45, 2.75) is 85.5 Å². The standard InChI is InChI=1S/C21H33ISe/c1-8-9-10-11-20(22)23-21-18(15(4)5)12-17(14(2)3)13-19(21)16(6)7/h11-16H,8-10H2,1-7H3/b20-11-. The van der Waals surface area contributed by atoms with E-state index in [1.807, 2.05) is 0 Å². The van der Waals surface area contributed by atoms with Gasteiger partial charge in [-0.25, -0.2) is 0 Å². The van der Waals surface area contributed by atoms with Gasteiger partial charge in [0.25, 0.3) is 0 Å². The molecule has 0 saturated carbocycles. The van der Waals surface area contributed by atoms with Gasteiger partial charge in [-0.15, -0.1) is 0 Å². The Kier molecular flexibility index (Phi) is 9.48. The van der Waals surface area contributed by atoms with Gasteiger partial charge in [0.1, 0.15) is 0 Å². The van der Waals surface area contributed by atoms with Gasteiger partial charge in [0.15, 0.2) is 0 Å². The molecule has 0 nitrogen and oxygen atoms in total. The summed E-state index contributed by atoms with van der Waals surface area (Å²) in [5.74, 6) is 1.80. The summed E-state index contributed by atoms with van der Waals surface area (Å²) in [6.07, 6.45) is 6.29. The van der Waals surface area contributed by atoms with Crippen molar-refractivity contribution in [3.63, 3.8) is 0 Å². The number of allylic oxidation sites excluding steroid dienone is 1. The Labute approximate surface area is 164 Å². The normalized spacial score (nSPS) is 12.7. The Hall–Kier alpha value is 0.209. The molecule has 0 unspecified atom stereocenters. The molecule has 1 rings (SSSR count). The number of rotatable bonds is 8. The average Bonchev–Trinajstić information content (AvgIpc) is 2.46. The van der Waals surface area contributed by atoms with E-state index in [-0.39, 0.29) is 0 Å². The topological polar surface area (TPSA) is 0 Å². The molecule has 0 spiro atoms. The van der Waals surface area contributed by atoms with Crippen LogP contribution in [0.4, 0.5) is 0 Å². The molecular formula is C21H33ISe. The van der Waals surface area contributed by atoms with Crippen LogP contribution in [-0.2, 0) is 0 Å². The molecule has 0 heterocycles. The second kappa shape index (κ2) is 10.3. The Morgan fingerprint density at radius 3 is 1.91 bits per heavy atom. The second-order valence-electron chi connectivity index (χ2n) is 7.25. The fourth-order valence-electron chi connectivity index (χ4n) is 2.57. The van der Waals surface area contributed by atoms with Crippen LogP contribution < -0.4 is 4.46 Å². The molecule has 130 valence electrons. The van der Waals surface area contributed by atoms with Gasteiger partial charge in [-0.3, -0.25) is 0 Å². The van der Waals surface area contributed by atoms with E-state index in [4.69, 9.17) is 0 Å². The van der Waals surface area contributed by atoms with E-state index in [1.54, 1.807) is 18.1 Å². The van der Waals surface area contributed by atoms with E-state index in [9.17, 15) is 0 Å². The minimum absolute atomic E-state index is 0.447. The number of halogens is 1. The maximum absolute atomic E-state index is 2.58. The third kappa shape index (κ3) is 6.55. The van der Waals surface area contributed by atoms with Crippen LogP contribution in [0.5, 0.6) is 0 Å². The van der Waals surface area contributed by atoms with Crippen molar-refractivity contribution in [2.75, 3.05) is 0 Å². The number of unbranched alkanes of at least 4 members (excludes halogenated alkanes) is 2. The fraction of sp³-hybridized carbons (Fsp3) is 0.619. The van der Waals surface area contributed by atoms with Crippen molar-refractivity contribution in [1.29, 1.82) is 0 Å². The van der Waals surface area contributed by atoms with Gasteiger partial charge in [-0.05, 0) is 0 Å². The predicted octanol–water partition coefficient (Wildman–Crippen LogP) is 6.85. The Morgan fingerprint density at radius 2 is 1.52 bits per heavy atom. The second-order valence-corrected chi connectivity index (χ2v) is 12.3. The van der Waals surface area contributed by atoms with E-state index >= 15 is 0 Å². The molecule has 0 aliphatic heterocycles. The number of hydrogen-bond donors (Lipinski definition) is 0. The SMILES string of the molecule is CCCC/C=C(/I)[Se]c1c(C(C)C)cc(C(C)C)cc1C(C)C. The zero-order valence-corrected chi connectivity index (χ0v) is 19.7. The summed E-state index contributed by atoms with van der Waals surface area (Å²) in [5, 5.41) is 0. The van der Waals surface area contributed by atoms with Crippen molar-refractivity contribution in [1.82, 2.24) is 0 Å². The van der Waals surface area contributed by atoms with Crippen LogP contribution in [0.25, 0.3) is 0 Å². The van der Waals surface area contributed by atoms with E-state index < -0.39 is 0 Å². The first-order valence-electron chi connectivity index (χ1n) is 8.99. The first kappa shape index (κ1) is 21.3. The molecule has 1 aromatic carbocycles. The van der Waals surface area contributed by atoms with Gasteiger partial charge in [0.05, 0.1) is 0 Å². The first-order chi connectivity index (χ1) is 10.8. The van der Waals surface area contributed by atoms with E-state index in [0.29, 0.717) is 32.7 Å². The summed E-state index contributed by atoms with van der Waals surface area (Å²) in [5.41, 5.74) is 4.66. The molecule has 0 atom stereocenters. The van der Waals surface area contributed by atoms with Crippen molar-refractivity contribution in [3.05, 3.63) is 37.4 Å². The molecule has 23 heavy (non-hydrogen) atoms. The third-order valence-corrected chi connectivity index (χ3v) is 7.90. The molecule has 0 saturated heterocycles. The summed E-state index contributed by atoms with van der Waals surface area (Å²) >= 11 is 3.02. The van der Waals surface area contributed by atoms with Crippen molar-refractivity contribution in [2.24, 2.45) is 0 Å². The van der Waals surface area contributed by atoms with Gasteiger partial charge < -0.3 is 0 Å². The van der Waals surface area contributed by atoms with Crippen molar-refractivity contribution in [3.8, 4) is 0 Å². The molecule has 0 fully saturated rings. The average molecular weight is 491 g/mol. The van der Waals surface area contributed by atoms with Crippen molar-refractivity contribution < 1.29 is 0 Å². The molecule has 2 heteroatoms. The third-order valence-electron chi connectivity index (χ3n) is 4.14. The minimum atomic E-state index is 0.447. The first-order valence-corrected chi connectivity index (χ1v) is 11.8. The van der Waals surface area contributed by atoms with Gasteiger partial charge in [-0.2, -0.15) is 0 Å². The zero-order valence-electron chi connectivity index (χ0n) is 15.9. The predicted molar refractivity (Wildman–Crippen MR) is 116 cm³/mol. The van der Waals surface area contributed by atoms with Crippen LogP contribution in [0.3, 0.4) is 0 Å². The Morgan fingerprint density at radius 1 is 1.00 bits per heavy atom. The Balaban J connectivity index is 3.29. The summed E-state index contributed by atoms with van der Waals surface area (Å²) in [6.45, 7) is 16.3. The summed E-state index contributed by atoms with van der Waals surface area (Å²) < 4.78 is 3.20. The summed E-state index contributed by atoms with van der Waals surface area (Å²) in [7, 11) is 0. The van der Waals surface area contributed by atoms with Crippen LogP contribution in [0.1, 0.15) is 102 Å². The quantitative estimate of drug-likeness (QED) is 0.212. The molecule has 1 aromatic rings. The van der Waals surface area contributed by atoms with Crippen molar-refractivity contribution >= 4 is 42.0 Å². The van der Waals surface area contributed by atoms with Gasteiger partial charge in [0.2, 0.25) is 0 Å². The molecular weight excluding hydrogens is 458 g/mol.